The van der Waals surface area contributed by atoms with Gasteiger partial charge in [0.05, 0.1) is 12.9 Å². The van der Waals surface area contributed by atoms with E-state index in [0.29, 0.717) is 36.0 Å². The lowest BCUT2D eigenvalue weighted by Gasteiger charge is -2.28. The molecule has 0 heterocycles. The van der Waals surface area contributed by atoms with Crippen LogP contribution in [0.1, 0.15) is 53.4 Å². The van der Waals surface area contributed by atoms with E-state index in [1.807, 2.05) is 6.92 Å². The number of rotatable bonds is 8. The van der Waals surface area contributed by atoms with Crippen molar-refractivity contribution in [2.24, 2.45) is 11.8 Å². The third-order valence-electron chi connectivity index (χ3n) is 4.79. The molecule has 0 saturated carbocycles. The van der Waals surface area contributed by atoms with Crippen LogP contribution in [0.5, 0.6) is 0 Å². The highest BCUT2D eigenvalue weighted by atomic mass is 19.1. The standard InChI is InChI=1S/C19H30FNO/c1-6-17(21)11-16(12-20)19(22-5)10-14(3)18-9-7-8-13(2)15(18)4/h7-8,14,18,21H,6,9-12H2,1-5H3/b19-16+,21-17?. The quantitative estimate of drug-likeness (QED) is 0.458. The highest BCUT2D eigenvalue weighted by Gasteiger charge is 2.23. The number of allylic oxidation sites excluding steroid dienone is 6. The number of nitrogens with one attached hydrogen (secondary N) is 1. The Kier molecular flexibility index (Phi) is 7.57. The Hall–Kier alpha value is -1.38. The van der Waals surface area contributed by atoms with Crippen LogP contribution in [0, 0.1) is 17.2 Å². The van der Waals surface area contributed by atoms with E-state index in [1.165, 1.54) is 11.1 Å². The second kappa shape index (κ2) is 8.92. The van der Waals surface area contributed by atoms with Gasteiger partial charge in [-0.05, 0) is 38.5 Å². The number of hydrogen-bond acceptors (Lipinski definition) is 2. The fraction of sp³-hybridized carbons (Fsp3) is 0.632. The SMILES string of the molecule is CCC(=N)C/C(CF)=C(/CC(C)C1CC=CC(C)=C1C)OC. The van der Waals surface area contributed by atoms with E-state index in [1.54, 1.807) is 7.11 Å². The van der Waals surface area contributed by atoms with Crippen molar-refractivity contribution in [3.63, 3.8) is 0 Å². The number of alkyl halides is 1. The summed E-state index contributed by atoms with van der Waals surface area (Å²) in [5.41, 5.74) is 3.95. The topological polar surface area (TPSA) is 33.1 Å². The normalized spacial score (nSPS) is 20.7. The lowest BCUT2D eigenvalue weighted by atomic mass is 9.78. The zero-order chi connectivity index (χ0) is 16.7. The van der Waals surface area contributed by atoms with Gasteiger partial charge >= 0.3 is 0 Å². The minimum Gasteiger partial charge on any atom is -0.501 e. The van der Waals surface area contributed by atoms with Crippen LogP contribution in [0.2, 0.25) is 0 Å². The predicted molar refractivity (Wildman–Crippen MR) is 92.0 cm³/mol. The Morgan fingerprint density at radius 1 is 1.45 bits per heavy atom. The van der Waals surface area contributed by atoms with Crippen LogP contribution in [0.15, 0.2) is 34.6 Å². The summed E-state index contributed by atoms with van der Waals surface area (Å²) in [7, 11) is 1.61. The number of ether oxygens (including phenoxy) is 1. The molecule has 0 saturated heterocycles. The average molecular weight is 307 g/mol. The zero-order valence-corrected chi connectivity index (χ0v) is 14.6. The molecule has 0 aromatic rings. The Morgan fingerprint density at radius 3 is 2.68 bits per heavy atom. The van der Waals surface area contributed by atoms with Gasteiger partial charge in [-0.1, -0.05) is 37.1 Å². The first-order valence-corrected chi connectivity index (χ1v) is 8.15. The van der Waals surface area contributed by atoms with E-state index in [-0.39, 0.29) is 0 Å². The van der Waals surface area contributed by atoms with E-state index >= 15 is 0 Å². The third kappa shape index (κ3) is 4.82. The fourth-order valence-electron chi connectivity index (χ4n) is 3.06. The van der Waals surface area contributed by atoms with Crippen LogP contribution in [0.4, 0.5) is 4.39 Å². The van der Waals surface area contributed by atoms with E-state index < -0.39 is 6.67 Å². The van der Waals surface area contributed by atoms with Gasteiger partial charge in [0.15, 0.2) is 0 Å². The van der Waals surface area contributed by atoms with Crippen molar-refractivity contribution < 1.29 is 9.13 Å². The maximum atomic E-state index is 13.4. The molecule has 0 radical (unpaired) electrons. The van der Waals surface area contributed by atoms with E-state index in [9.17, 15) is 4.39 Å². The maximum Gasteiger partial charge on any atom is 0.114 e. The lowest BCUT2D eigenvalue weighted by Crippen LogP contribution is -2.17. The van der Waals surface area contributed by atoms with Crippen LogP contribution < -0.4 is 0 Å². The summed E-state index contributed by atoms with van der Waals surface area (Å²) in [5.74, 6) is 1.61. The fourth-order valence-corrected chi connectivity index (χ4v) is 3.06. The molecule has 1 aliphatic carbocycles. The van der Waals surface area contributed by atoms with Gasteiger partial charge in [0.2, 0.25) is 0 Å². The summed E-state index contributed by atoms with van der Waals surface area (Å²) in [6.07, 6.45) is 7.22. The molecule has 1 rings (SSSR count). The van der Waals surface area contributed by atoms with Crippen LogP contribution in [0.25, 0.3) is 0 Å². The summed E-state index contributed by atoms with van der Waals surface area (Å²) in [6.45, 7) is 7.95. The molecule has 22 heavy (non-hydrogen) atoms. The Morgan fingerprint density at radius 2 is 2.14 bits per heavy atom. The molecule has 0 spiro atoms. The first-order valence-electron chi connectivity index (χ1n) is 8.15. The Balaban J connectivity index is 2.88. The van der Waals surface area contributed by atoms with Gasteiger partial charge in [-0.25, -0.2) is 4.39 Å². The van der Waals surface area contributed by atoms with Crippen LogP contribution in [-0.2, 0) is 4.74 Å². The second-order valence-electron chi connectivity index (χ2n) is 6.29. The summed E-state index contributed by atoms with van der Waals surface area (Å²) in [5, 5.41) is 7.80. The highest BCUT2D eigenvalue weighted by molar-refractivity contribution is 5.83. The van der Waals surface area contributed by atoms with Gasteiger partial charge in [-0.3, -0.25) is 0 Å². The molecule has 1 N–H and O–H groups in total. The molecular weight excluding hydrogens is 277 g/mol. The number of methoxy groups -OCH3 is 1. The van der Waals surface area contributed by atoms with Gasteiger partial charge in [0.25, 0.3) is 0 Å². The van der Waals surface area contributed by atoms with Crippen molar-refractivity contribution in [2.75, 3.05) is 13.8 Å². The Labute approximate surface area is 134 Å². The second-order valence-corrected chi connectivity index (χ2v) is 6.29. The van der Waals surface area contributed by atoms with Gasteiger partial charge in [-0.2, -0.15) is 0 Å². The summed E-state index contributed by atoms with van der Waals surface area (Å²) in [6, 6.07) is 0. The first kappa shape index (κ1) is 18.7. The molecule has 124 valence electrons. The largest absolute Gasteiger partial charge is 0.501 e. The summed E-state index contributed by atoms with van der Waals surface area (Å²) in [4.78, 5) is 0. The van der Waals surface area contributed by atoms with Crippen molar-refractivity contribution in [2.45, 2.75) is 53.4 Å². The molecule has 2 atom stereocenters. The van der Waals surface area contributed by atoms with Crippen molar-refractivity contribution in [1.82, 2.24) is 0 Å². The smallest absolute Gasteiger partial charge is 0.114 e. The first-order chi connectivity index (χ1) is 10.4. The summed E-state index contributed by atoms with van der Waals surface area (Å²) >= 11 is 0. The molecule has 3 heteroatoms. The molecule has 0 amide bonds. The van der Waals surface area contributed by atoms with Crippen molar-refractivity contribution in [1.29, 1.82) is 5.41 Å². The molecule has 0 aromatic heterocycles. The lowest BCUT2D eigenvalue weighted by molar-refractivity contribution is 0.239. The van der Waals surface area contributed by atoms with Crippen molar-refractivity contribution >= 4 is 5.71 Å². The molecule has 1 aliphatic rings. The molecule has 0 bridgehead atoms. The van der Waals surface area contributed by atoms with Crippen LogP contribution in [0.3, 0.4) is 0 Å². The van der Waals surface area contributed by atoms with Gasteiger partial charge in [0, 0.05) is 24.1 Å². The molecule has 0 aliphatic heterocycles. The minimum atomic E-state index is -0.531. The van der Waals surface area contributed by atoms with Gasteiger partial charge in [-0.15, -0.1) is 0 Å². The van der Waals surface area contributed by atoms with Gasteiger partial charge < -0.3 is 10.1 Å². The molecule has 0 fully saturated rings. The average Bonchev–Trinajstić information content (AvgIpc) is 2.52. The highest BCUT2D eigenvalue weighted by Crippen LogP contribution is 2.35. The summed E-state index contributed by atoms with van der Waals surface area (Å²) < 4.78 is 18.8. The van der Waals surface area contributed by atoms with Crippen molar-refractivity contribution in [3.8, 4) is 0 Å². The zero-order valence-electron chi connectivity index (χ0n) is 14.6. The van der Waals surface area contributed by atoms with Crippen LogP contribution in [-0.4, -0.2) is 19.5 Å². The monoisotopic (exact) mass is 307 g/mol. The maximum absolute atomic E-state index is 13.4. The number of hydrogen-bond donors (Lipinski definition) is 1. The molecule has 2 nitrogen and oxygen atoms in total. The van der Waals surface area contributed by atoms with Gasteiger partial charge in [0.1, 0.15) is 6.67 Å². The van der Waals surface area contributed by atoms with Crippen LogP contribution >= 0.6 is 0 Å². The Bertz CT molecular complexity index is 488. The van der Waals surface area contributed by atoms with Crippen molar-refractivity contribution in [3.05, 3.63) is 34.6 Å². The van der Waals surface area contributed by atoms with E-state index in [4.69, 9.17) is 10.1 Å². The van der Waals surface area contributed by atoms with E-state index in [2.05, 4.69) is 32.9 Å². The van der Waals surface area contributed by atoms with E-state index in [0.717, 1.165) is 18.6 Å². The predicted octanol–water partition coefficient (Wildman–Crippen LogP) is 5.61. The number of halogens is 1. The molecule has 0 aromatic carbocycles. The third-order valence-corrected chi connectivity index (χ3v) is 4.79. The molecular formula is C19H30FNO. The molecule has 2 unspecified atom stereocenters. The minimum absolute atomic E-state index is 0.390.